The number of nitrogens with one attached hydrogen (secondary N) is 2. The molecule has 0 radical (unpaired) electrons. The Morgan fingerprint density at radius 3 is 2.23 bits per heavy atom. The summed E-state index contributed by atoms with van der Waals surface area (Å²) in [6.07, 6.45) is -2.97. The number of rotatable bonds is 7. The molecular weight excluding hydrogens is 407 g/mol. The second kappa shape index (κ2) is 9.34. The molecule has 3 aromatic rings. The van der Waals surface area contributed by atoms with Crippen molar-refractivity contribution >= 4 is 23.1 Å². The molecule has 0 amide bonds. The van der Waals surface area contributed by atoms with Gasteiger partial charge in [-0.1, -0.05) is 6.92 Å². The van der Waals surface area contributed by atoms with Crippen molar-refractivity contribution in [1.82, 2.24) is 9.97 Å². The van der Waals surface area contributed by atoms with Crippen LogP contribution in [0, 0.1) is 11.3 Å². The summed E-state index contributed by atoms with van der Waals surface area (Å²) in [7, 11) is 0. The van der Waals surface area contributed by atoms with E-state index in [9.17, 15) is 13.2 Å². The molecule has 0 fully saturated rings. The van der Waals surface area contributed by atoms with Crippen molar-refractivity contribution in [2.24, 2.45) is 0 Å². The van der Waals surface area contributed by atoms with E-state index in [-0.39, 0.29) is 12.1 Å². The minimum atomic E-state index is -4.64. The van der Waals surface area contributed by atoms with Gasteiger partial charge in [0.1, 0.15) is 17.1 Å². The van der Waals surface area contributed by atoms with Crippen LogP contribution in [0.2, 0.25) is 0 Å². The highest BCUT2D eigenvalue weighted by Gasteiger charge is 2.35. The summed E-state index contributed by atoms with van der Waals surface area (Å²) in [5.41, 5.74) is 0.355. The van der Waals surface area contributed by atoms with Crippen molar-refractivity contribution in [2.75, 3.05) is 10.6 Å². The molecule has 1 heterocycles. The summed E-state index contributed by atoms with van der Waals surface area (Å²) < 4.78 is 45.9. The Kier molecular flexibility index (Phi) is 6.60. The lowest BCUT2D eigenvalue weighted by Crippen LogP contribution is -2.12. The zero-order valence-corrected chi connectivity index (χ0v) is 16.9. The molecule has 2 aromatic carbocycles. The summed E-state index contributed by atoms with van der Waals surface area (Å²) in [6.45, 7) is 3.98. The first-order chi connectivity index (χ1) is 14.8. The Labute approximate surface area is 177 Å². The fraction of sp³-hybridized carbons (Fsp3) is 0.227. The maximum Gasteiger partial charge on any atom is 0.421 e. The molecule has 0 saturated heterocycles. The van der Waals surface area contributed by atoms with Crippen LogP contribution in [-0.2, 0) is 6.18 Å². The maximum atomic E-state index is 13.4. The molecule has 31 heavy (non-hydrogen) atoms. The number of anilines is 4. The third kappa shape index (κ3) is 5.85. The highest BCUT2D eigenvalue weighted by molar-refractivity contribution is 5.63. The molecule has 0 bridgehead atoms. The lowest BCUT2D eigenvalue weighted by atomic mass is 10.2. The molecular formula is C22H20F3N5O. The van der Waals surface area contributed by atoms with Gasteiger partial charge in [-0.25, -0.2) is 4.98 Å². The van der Waals surface area contributed by atoms with Crippen LogP contribution >= 0.6 is 0 Å². The zero-order valence-electron chi connectivity index (χ0n) is 16.9. The van der Waals surface area contributed by atoms with Crippen LogP contribution < -0.4 is 15.4 Å². The van der Waals surface area contributed by atoms with Crippen molar-refractivity contribution in [3.8, 4) is 11.8 Å². The van der Waals surface area contributed by atoms with Crippen molar-refractivity contribution in [1.29, 1.82) is 5.26 Å². The van der Waals surface area contributed by atoms with E-state index in [1.165, 1.54) is 24.3 Å². The molecule has 0 spiro atoms. The number of nitriles is 1. The average molecular weight is 427 g/mol. The lowest BCUT2D eigenvalue weighted by molar-refractivity contribution is -0.137. The van der Waals surface area contributed by atoms with Crippen molar-refractivity contribution in [3.63, 3.8) is 0 Å². The average Bonchev–Trinajstić information content (AvgIpc) is 2.75. The van der Waals surface area contributed by atoms with Gasteiger partial charge < -0.3 is 15.4 Å². The van der Waals surface area contributed by atoms with Crippen molar-refractivity contribution in [2.45, 2.75) is 32.5 Å². The second-order valence-corrected chi connectivity index (χ2v) is 6.75. The molecule has 0 aliphatic rings. The number of hydrogen-bond acceptors (Lipinski definition) is 6. The molecule has 9 heteroatoms. The van der Waals surface area contributed by atoms with Gasteiger partial charge >= 0.3 is 6.18 Å². The van der Waals surface area contributed by atoms with E-state index in [4.69, 9.17) is 10.00 Å². The minimum absolute atomic E-state index is 0.000241. The Hall–Kier alpha value is -3.80. The van der Waals surface area contributed by atoms with E-state index in [0.29, 0.717) is 22.7 Å². The van der Waals surface area contributed by atoms with Gasteiger partial charge in [0.25, 0.3) is 0 Å². The molecule has 6 nitrogen and oxygen atoms in total. The van der Waals surface area contributed by atoms with Crippen molar-refractivity contribution < 1.29 is 17.9 Å². The first-order valence-corrected chi connectivity index (χ1v) is 9.53. The van der Waals surface area contributed by atoms with Crippen LogP contribution in [0.25, 0.3) is 0 Å². The van der Waals surface area contributed by atoms with E-state index in [1.807, 2.05) is 19.9 Å². The summed E-state index contributed by atoms with van der Waals surface area (Å²) >= 11 is 0. The van der Waals surface area contributed by atoms with Crippen LogP contribution in [0.4, 0.5) is 36.3 Å². The Balaban J connectivity index is 1.83. The smallest absolute Gasteiger partial charge is 0.421 e. The lowest BCUT2D eigenvalue weighted by Gasteiger charge is -2.15. The molecule has 0 saturated carbocycles. The molecule has 1 aromatic heterocycles. The first-order valence-electron chi connectivity index (χ1n) is 9.53. The number of halogens is 3. The molecule has 1 unspecified atom stereocenters. The molecule has 2 N–H and O–H groups in total. The molecule has 0 aliphatic heterocycles. The van der Waals surface area contributed by atoms with Gasteiger partial charge in [-0.3, -0.25) is 0 Å². The highest BCUT2D eigenvalue weighted by Crippen LogP contribution is 2.35. The summed E-state index contributed by atoms with van der Waals surface area (Å²) in [5, 5.41) is 14.4. The Morgan fingerprint density at radius 2 is 1.65 bits per heavy atom. The topological polar surface area (TPSA) is 82.9 Å². The SMILES string of the molecule is CCC(C)Oc1ccc(Nc2ncc(C(F)(F)F)c(Nc3ccc(C#N)cc3)n2)cc1. The number of ether oxygens (including phenoxy) is 1. The summed E-state index contributed by atoms with van der Waals surface area (Å²) in [5.74, 6) is 0.294. The molecule has 1 atom stereocenters. The predicted octanol–water partition coefficient (Wildman–Crippen LogP) is 6.03. The van der Waals surface area contributed by atoms with E-state index in [0.717, 1.165) is 12.6 Å². The van der Waals surface area contributed by atoms with Crippen LogP contribution in [0.5, 0.6) is 5.75 Å². The number of nitrogens with zero attached hydrogens (tertiary/aromatic N) is 3. The van der Waals surface area contributed by atoms with Crippen LogP contribution in [0.15, 0.2) is 54.7 Å². The predicted molar refractivity (Wildman–Crippen MR) is 112 cm³/mol. The molecule has 160 valence electrons. The fourth-order valence-electron chi connectivity index (χ4n) is 2.57. The summed E-state index contributed by atoms with van der Waals surface area (Å²) in [6, 6.07) is 14.9. The Morgan fingerprint density at radius 1 is 1.03 bits per heavy atom. The maximum absolute atomic E-state index is 13.4. The van der Waals surface area contributed by atoms with E-state index in [1.54, 1.807) is 24.3 Å². The molecule has 3 rings (SSSR count). The van der Waals surface area contributed by atoms with Gasteiger partial charge in [0.15, 0.2) is 0 Å². The van der Waals surface area contributed by atoms with Crippen molar-refractivity contribution in [3.05, 3.63) is 65.9 Å². The normalized spacial score (nSPS) is 12.0. The molecule has 0 aliphatic carbocycles. The largest absolute Gasteiger partial charge is 0.491 e. The van der Waals surface area contributed by atoms with Gasteiger partial charge in [-0.15, -0.1) is 0 Å². The van der Waals surface area contributed by atoms with Gasteiger partial charge in [0.05, 0.1) is 17.7 Å². The third-order valence-electron chi connectivity index (χ3n) is 4.39. The van der Waals surface area contributed by atoms with Gasteiger partial charge in [-0.2, -0.15) is 23.4 Å². The minimum Gasteiger partial charge on any atom is -0.491 e. The van der Waals surface area contributed by atoms with E-state index in [2.05, 4.69) is 20.6 Å². The van der Waals surface area contributed by atoms with Gasteiger partial charge in [0.2, 0.25) is 5.95 Å². The number of hydrogen-bond donors (Lipinski definition) is 2. The summed E-state index contributed by atoms with van der Waals surface area (Å²) in [4.78, 5) is 7.80. The monoisotopic (exact) mass is 427 g/mol. The van der Waals surface area contributed by atoms with Gasteiger partial charge in [0, 0.05) is 17.6 Å². The zero-order chi connectivity index (χ0) is 22.4. The number of benzene rings is 2. The number of alkyl halides is 3. The van der Waals surface area contributed by atoms with Crippen LogP contribution in [0.1, 0.15) is 31.4 Å². The highest BCUT2D eigenvalue weighted by atomic mass is 19.4. The first kappa shape index (κ1) is 21.9. The van der Waals surface area contributed by atoms with E-state index >= 15 is 0 Å². The third-order valence-corrected chi connectivity index (χ3v) is 4.39. The number of aromatic nitrogens is 2. The van der Waals surface area contributed by atoms with Crippen LogP contribution in [-0.4, -0.2) is 16.1 Å². The van der Waals surface area contributed by atoms with E-state index < -0.39 is 17.6 Å². The quantitative estimate of drug-likeness (QED) is 0.479. The standard InChI is InChI=1S/C22H20F3N5O/c1-3-14(2)31-18-10-8-17(9-11-18)29-21-27-13-19(22(23,24)25)20(30-21)28-16-6-4-15(12-26)5-7-16/h4-11,13-14H,3H2,1-2H3,(H2,27,28,29,30). The second-order valence-electron chi connectivity index (χ2n) is 6.75. The fourth-order valence-corrected chi connectivity index (χ4v) is 2.57. The Bertz CT molecular complexity index is 1060. The van der Waals surface area contributed by atoms with Crippen LogP contribution in [0.3, 0.4) is 0 Å². The van der Waals surface area contributed by atoms with Gasteiger partial charge in [-0.05, 0) is 61.9 Å².